The number of thioether (sulfide) groups is 1. The second-order valence-corrected chi connectivity index (χ2v) is 4.25. The van der Waals surface area contributed by atoms with E-state index in [2.05, 4.69) is 4.90 Å². The number of nitrogens with zero attached hydrogens (tertiary/aromatic N) is 2. The monoisotopic (exact) mass is 218 g/mol. The molecular formula is C9H18N2O2S. The van der Waals surface area contributed by atoms with Crippen molar-refractivity contribution in [3.8, 4) is 0 Å². The Labute approximate surface area is 89.3 Å². The number of piperazine rings is 1. The average molecular weight is 218 g/mol. The van der Waals surface area contributed by atoms with Gasteiger partial charge in [0.05, 0.1) is 12.4 Å². The Kier molecular flexibility index (Phi) is 5.29. The summed E-state index contributed by atoms with van der Waals surface area (Å²) in [6.45, 7) is 4.32. The number of aliphatic hydroxyl groups excluding tert-OH is 1. The number of rotatable bonds is 4. The first kappa shape index (κ1) is 11.8. The van der Waals surface area contributed by atoms with Gasteiger partial charge in [-0.1, -0.05) is 0 Å². The molecule has 1 heterocycles. The molecule has 1 fully saturated rings. The number of aliphatic hydroxyl groups is 1. The van der Waals surface area contributed by atoms with Crippen LogP contribution in [0.1, 0.15) is 0 Å². The van der Waals surface area contributed by atoms with Crippen LogP contribution in [0.15, 0.2) is 0 Å². The Morgan fingerprint density at radius 1 is 1.36 bits per heavy atom. The van der Waals surface area contributed by atoms with Crippen molar-refractivity contribution in [1.29, 1.82) is 0 Å². The summed E-state index contributed by atoms with van der Waals surface area (Å²) in [6, 6.07) is 0. The third-order valence-electron chi connectivity index (χ3n) is 2.41. The normalized spacial score (nSPS) is 18.6. The van der Waals surface area contributed by atoms with Crippen LogP contribution >= 0.6 is 11.8 Å². The van der Waals surface area contributed by atoms with Crippen LogP contribution in [0.2, 0.25) is 0 Å². The van der Waals surface area contributed by atoms with Crippen molar-refractivity contribution in [2.45, 2.75) is 0 Å². The first-order valence-corrected chi connectivity index (χ1v) is 6.27. The van der Waals surface area contributed by atoms with E-state index < -0.39 is 0 Å². The summed E-state index contributed by atoms with van der Waals surface area (Å²) in [5, 5.41) is 8.75. The minimum absolute atomic E-state index is 0.207. The molecule has 0 radical (unpaired) electrons. The molecule has 82 valence electrons. The topological polar surface area (TPSA) is 43.8 Å². The molecule has 0 aromatic carbocycles. The minimum Gasteiger partial charge on any atom is -0.395 e. The molecule has 1 N–H and O–H groups in total. The maximum absolute atomic E-state index is 11.5. The molecule has 4 nitrogen and oxygen atoms in total. The first-order valence-electron chi connectivity index (χ1n) is 4.88. The van der Waals surface area contributed by atoms with Crippen LogP contribution in [0, 0.1) is 0 Å². The second kappa shape index (κ2) is 6.27. The van der Waals surface area contributed by atoms with Gasteiger partial charge < -0.3 is 10.0 Å². The lowest BCUT2D eigenvalue weighted by molar-refractivity contribution is -0.130. The summed E-state index contributed by atoms with van der Waals surface area (Å²) in [7, 11) is 0. The lowest BCUT2D eigenvalue weighted by Crippen LogP contribution is -2.49. The van der Waals surface area contributed by atoms with E-state index in [0.717, 1.165) is 32.7 Å². The van der Waals surface area contributed by atoms with Gasteiger partial charge in [0, 0.05) is 32.7 Å². The zero-order valence-corrected chi connectivity index (χ0v) is 9.42. The lowest BCUT2D eigenvalue weighted by Gasteiger charge is -2.34. The number of hydrogen-bond donors (Lipinski definition) is 1. The van der Waals surface area contributed by atoms with E-state index in [1.807, 2.05) is 11.2 Å². The van der Waals surface area contributed by atoms with Gasteiger partial charge in [0.1, 0.15) is 0 Å². The first-order chi connectivity index (χ1) is 6.77. The largest absolute Gasteiger partial charge is 0.395 e. The predicted molar refractivity (Wildman–Crippen MR) is 58.5 cm³/mol. The van der Waals surface area contributed by atoms with Gasteiger partial charge in [0.2, 0.25) is 5.91 Å². The van der Waals surface area contributed by atoms with E-state index in [0.29, 0.717) is 5.75 Å². The SMILES string of the molecule is CSCC(=O)N1CCN(CCO)CC1. The van der Waals surface area contributed by atoms with Gasteiger partial charge in [-0.25, -0.2) is 0 Å². The molecule has 0 atom stereocenters. The number of β-amino-alcohol motifs (C(OH)–C–C–N with tert-alkyl or cyclic N) is 1. The minimum atomic E-state index is 0.207. The van der Waals surface area contributed by atoms with Crippen LogP contribution in [0.5, 0.6) is 0 Å². The van der Waals surface area contributed by atoms with Crippen LogP contribution in [0.3, 0.4) is 0 Å². The molecule has 1 aliphatic heterocycles. The third kappa shape index (κ3) is 3.48. The van der Waals surface area contributed by atoms with E-state index in [1.165, 1.54) is 0 Å². The highest BCUT2D eigenvalue weighted by Crippen LogP contribution is 2.04. The van der Waals surface area contributed by atoms with Crippen LogP contribution in [0.25, 0.3) is 0 Å². The van der Waals surface area contributed by atoms with Gasteiger partial charge in [-0.15, -0.1) is 0 Å². The van der Waals surface area contributed by atoms with E-state index in [4.69, 9.17) is 5.11 Å². The molecular weight excluding hydrogens is 200 g/mol. The summed E-state index contributed by atoms with van der Waals surface area (Å²) in [5.74, 6) is 0.821. The van der Waals surface area contributed by atoms with Crippen LogP contribution < -0.4 is 0 Å². The smallest absolute Gasteiger partial charge is 0.232 e. The standard InChI is InChI=1S/C9H18N2O2S/c1-14-8-9(13)11-4-2-10(3-5-11)6-7-12/h12H,2-8H2,1H3. The highest BCUT2D eigenvalue weighted by Gasteiger charge is 2.19. The summed E-state index contributed by atoms with van der Waals surface area (Å²) < 4.78 is 0. The van der Waals surface area contributed by atoms with Crippen molar-refractivity contribution in [2.75, 3.05) is 51.3 Å². The van der Waals surface area contributed by atoms with Gasteiger partial charge in [0.15, 0.2) is 0 Å². The Bertz CT molecular complexity index is 182. The molecule has 14 heavy (non-hydrogen) atoms. The van der Waals surface area contributed by atoms with Crippen LogP contribution in [0.4, 0.5) is 0 Å². The fourth-order valence-corrected chi connectivity index (χ4v) is 2.01. The highest BCUT2D eigenvalue weighted by atomic mass is 32.2. The number of carbonyl (C=O) groups is 1. The van der Waals surface area contributed by atoms with Gasteiger partial charge in [-0.3, -0.25) is 9.69 Å². The quantitative estimate of drug-likeness (QED) is 0.690. The van der Waals surface area contributed by atoms with E-state index in [1.54, 1.807) is 11.8 Å². The van der Waals surface area contributed by atoms with Crippen LogP contribution in [-0.4, -0.2) is 72.2 Å². The molecule has 5 heteroatoms. The Morgan fingerprint density at radius 3 is 2.50 bits per heavy atom. The molecule has 0 aromatic heterocycles. The zero-order chi connectivity index (χ0) is 10.4. The zero-order valence-electron chi connectivity index (χ0n) is 8.61. The van der Waals surface area contributed by atoms with Crippen molar-refractivity contribution in [1.82, 2.24) is 9.80 Å². The Morgan fingerprint density at radius 2 is 2.00 bits per heavy atom. The number of amides is 1. The molecule has 0 spiro atoms. The van der Waals surface area contributed by atoms with Gasteiger partial charge in [0.25, 0.3) is 0 Å². The lowest BCUT2D eigenvalue weighted by atomic mass is 10.3. The highest BCUT2D eigenvalue weighted by molar-refractivity contribution is 7.99. The van der Waals surface area contributed by atoms with Crippen molar-refractivity contribution >= 4 is 17.7 Å². The molecule has 0 aliphatic carbocycles. The summed E-state index contributed by atoms with van der Waals surface area (Å²) in [5.41, 5.74) is 0. The average Bonchev–Trinajstić information content (AvgIpc) is 2.20. The molecule has 0 unspecified atom stereocenters. The summed E-state index contributed by atoms with van der Waals surface area (Å²) >= 11 is 1.57. The van der Waals surface area contributed by atoms with Crippen molar-refractivity contribution < 1.29 is 9.90 Å². The van der Waals surface area contributed by atoms with Crippen molar-refractivity contribution in [3.05, 3.63) is 0 Å². The maximum Gasteiger partial charge on any atom is 0.232 e. The summed E-state index contributed by atoms with van der Waals surface area (Å²) in [4.78, 5) is 15.6. The second-order valence-electron chi connectivity index (χ2n) is 3.38. The molecule has 1 aliphatic rings. The predicted octanol–water partition coefficient (Wildman–Crippen LogP) is -0.514. The molecule has 0 saturated carbocycles. The number of hydrogen-bond acceptors (Lipinski definition) is 4. The molecule has 1 amide bonds. The van der Waals surface area contributed by atoms with Gasteiger partial charge in [-0.2, -0.15) is 11.8 Å². The maximum atomic E-state index is 11.5. The number of carbonyl (C=O) groups excluding carboxylic acids is 1. The van der Waals surface area contributed by atoms with Gasteiger partial charge >= 0.3 is 0 Å². The van der Waals surface area contributed by atoms with E-state index in [-0.39, 0.29) is 12.5 Å². The Balaban J connectivity index is 2.24. The summed E-state index contributed by atoms with van der Waals surface area (Å²) in [6.07, 6.45) is 1.94. The van der Waals surface area contributed by atoms with Gasteiger partial charge in [-0.05, 0) is 6.26 Å². The van der Waals surface area contributed by atoms with Crippen molar-refractivity contribution in [3.63, 3.8) is 0 Å². The molecule has 1 saturated heterocycles. The molecule has 0 bridgehead atoms. The van der Waals surface area contributed by atoms with E-state index in [9.17, 15) is 4.79 Å². The van der Waals surface area contributed by atoms with Crippen LogP contribution in [-0.2, 0) is 4.79 Å². The fourth-order valence-electron chi connectivity index (χ4n) is 1.58. The third-order valence-corrected chi connectivity index (χ3v) is 2.94. The molecule has 0 aromatic rings. The van der Waals surface area contributed by atoms with Crippen molar-refractivity contribution in [2.24, 2.45) is 0 Å². The Hall–Kier alpha value is -0.260. The van der Waals surface area contributed by atoms with E-state index >= 15 is 0 Å². The fraction of sp³-hybridized carbons (Fsp3) is 0.889. The molecule has 1 rings (SSSR count).